The predicted molar refractivity (Wildman–Crippen MR) is 150 cm³/mol. The number of hydrogen-bond acceptors (Lipinski definition) is 10. The summed E-state index contributed by atoms with van der Waals surface area (Å²) < 4.78 is 38.3. The van der Waals surface area contributed by atoms with Crippen LogP contribution < -0.4 is 0 Å². The third kappa shape index (κ3) is 4.33. The van der Waals surface area contributed by atoms with Gasteiger partial charge in [0.2, 0.25) is 5.60 Å². The fraction of sp³-hybridized carbons (Fsp3) is 0.207. The van der Waals surface area contributed by atoms with E-state index in [-0.39, 0.29) is 39.6 Å². The molecule has 3 aromatic heterocycles. The zero-order chi connectivity index (χ0) is 29.8. The average molecular weight is 588 g/mol. The first-order chi connectivity index (χ1) is 20.0. The number of likely N-dealkylation sites (N-methyl/N-ethyl adjacent to an activating group) is 1. The summed E-state index contributed by atoms with van der Waals surface area (Å²) in [6.07, 6.45) is 1.50. The van der Waals surface area contributed by atoms with Crippen LogP contribution in [0.1, 0.15) is 28.2 Å². The number of carbonyl (C=O) groups excluding carboxylic acids is 2. The summed E-state index contributed by atoms with van der Waals surface area (Å²) in [6, 6.07) is 16.2. The van der Waals surface area contributed by atoms with Gasteiger partial charge >= 0.3 is 5.97 Å². The van der Waals surface area contributed by atoms with Crippen LogP contribution in [0.4, 0.5) is 0 Å². The zero-order valence-electron chi connectivity index (χ0n) is 22.8. The summed E-state index contributed by atoms with van der Waals surface area (Å²) in [5.74, 6) is -1.11. The van der Waals surface area contributed by atoms with E-state index >= 15 is 0 Å². The van der Waals surface area contributed by atoms with Gasteiger partial charge in [0.1, 0.15) is 11.2 Å². The minimum absolute atomic E-state index is 0.0112. The Labute approximate surface area is 240 Å². The minimum Gasteiger partial charge on any atom is -0.464 e. The van der Waals surface area contributed by atoms with Gasteiger partial charge in [-0.1, -0.05) is 41.1 Å². The Morgan fingerprint density at radius 2 is 1.81 bits per heavy atom. The van der Waals surface area contributed by atoms with Crippen molar-refractivity contribution in [2.24, 2.45) is 0 Å². The number of likely N-dealkylation sites (tertiary alicyclic amines) is 1. The summed E-state index contributed by atoms with van der Waals surface area (Å²) >= 11 is 0. The summed E-state index contributed by atoms with van der Waals surface area (Å²) in [4.78, 5) is 35.8. The van der Waals surface area contributed by atoms with E-state index < -0.39 is 27.5 Å². The fourth-order valence-electron chi connectivity index (χ4n) is 4.92. The molecule has 2 aromatic carbocycles. The van der Waals surface area contributed by atoms with Crippen molar-refractivity contribution in [3.8, 4) is 22.6 Å². The first kappa shape index (κ1) is 27.3. The summed E-state index contributed by atoms with van der Waals surface area (Å²) in [5.41, 5.74) is 0.535. The highest BCUT2D eigenvalue weighted by Gasteiger charge is 2.48. The molecule has 0 saturated carbocycles. The van der Waals surface area contributed by atoms with Crippen molar-refractivity contribution in [3.63, 3.8) is 0 Å². The second-order valence-electron chi connectivity index (χ2n) is 10.0. The van der Waals surface area contributed by atoms with Crippen LogP contribution in [0.15, 0.2) is 76.3 Å². The van der Waals surface area contributed by atoms with Gasteiger partial charge in [0.05, 0.1) is 17.5 Å². The van der Waals surface area contributed by atoms with Crippen molar-refractivity contribution >= 4 is 32.9 Å². The van der Waals surface area contributed by atoms with E-state index in [2.05, 4.69) is 15.1 Å². The normalized spacial score (nSPS) is 17.2. The van der Waals surface area contributed by atoms with Gasteiger partial charge in [-0.3, -0.25) is 4.79 Å². The Morgan fingerprint density at radius 1 is 1.07 bits per heavy atom. The maximum Gasteiger partial charge on any atom is 0.359 e. The van der Waals surface area contributed by atoms with E-state index in [1.165, 1.54) is 42.5 Å². The molecule has 0 bridgehead atoms. The Balaban J connectivity index is 1.42. The Bertz CT molecular complexity index is 1980. The van der Waals surface area contributed by atoms with E-state index in [9.17, 15) is 23.1 Å². The van der Waals surface area contributed by atoms with Crippen LogP contribution in [0.2, 0.25) is 0 Å². The molecule has 12 nitrogen and oxygen atoms in total. The van der Waals surface area contributed by atoms with E-state index in [1.807, 2.05) is 6.92 Å². The van der Waals surface area contributed by atoms with Crippen LogP contribution in [-0.2, 0) is 25.2 Å². The summed E-state index contributed by atoms with van der Waals surface area (Å²) in [7, 11) is -1.29. The smallest absolute Gasteiger partial charge is 0.359 e. The third-order valence-electron chi connectivity index (χ3n) is 7.30. The SMILES string of the molecule is COC(=O)c1nc(-c2cccc(-c3cc([C@]4(O)CCN(C)C4=O)on3)c2)nc2ccn(S(=O)(=O)c3ccc(C)cc3)c12. The van der Waals surface area contributed by atoms with Crippen LogP contribution >= 0.6 is 0 Å². The molecule has 0 aliphatic carbocycles. The molecule has 0 unspecified atom stereocenters. The quantitative estimate of drug-likeness (QED) is 0.293. The molecule has 4 heterocycles. The molecule has 1 aliphatic rings. The maximum absolute atomic E-state index is 13.5. The number of esters is 1. The van der Waals surface area contributed by atoms with Gasteiger partial charge in [0.15, 0.2) is 17.3 Å². The number of ether oxygens (including phenoxy) is 1. The lowest BCUT2D eigenvalue weighted by molar-refractivity contribution is -0.144. The Morgan fingerprint density at radius 3 is 2.50 bits per heavy atom. The van der Waals surface area contributed by atoms with Crippen LogP contribution in [0.5, 0.6) is 0 Å². The van der Waals surface area contributed by atoms with Crippen LogP contribution in [0, 0.1) is 6.92 Å². The Kier molecular flexibility index (Phi) is 6.43. The molecular formula is C29H25N5O7S. The largest absolute Gasteiger partial charge is 0.464 e. The topological polar surface area (TPSA) is 158 Å². The molecule has 13 heteroatoms. The number of carbonyl (C=O) groups is 2. The molecule has 42 heavy (non-hydrogen) atoms. The lowest BCUT2D eigenvalue weighted by Gasteiger charge is -2.16. The zero-order valence-corrected chi connectivity index (χ0v) is 23.6. The Hall–Kier alpha value is -4.88. The van der Waals surface area contributed by atoms with Crippen molar-refractivity contribution in [1.82, 2.24) is 24.0 Å². The number of aromatic nitrogens is 4. The number of aliphatic hydroxyl groups is 1. The van der Waals surface area contributed by atoms with Crippen molar-refractivity contribution in [1.29, 1.82) is 0 Å². The highest BCUT2D eigenvalue weighted by Crippen LogP contribution is 2.35. The van der Waals surface area contributed by atoms with Gasteiger partial charge in [-0.25, -0.2) is 27.2 Å². The molecule has 1 N–H and O–H groups in total. The highest BCUT2D eigenvalue weighted by molar-refractivity contribution is 7.90. The van der Waals surface area contributed by atoms with Gasteiger partial charge < -0.3 is 19.3 Å². The van der Waals surface area contributed by atoms with E-state index in [0.717, 1.165) is 9.54 Å². The van der Waals surface area contributed by atoms with Gasteiger partial charge in [-0.05, 0) is 31.2 Å². The molecule has 5 aromatic rings. The maximum atomic E-state index is 13.5. The van der Waals surface area contributed by atoms with Gasteiger partial charge in [0, 0.05) is 43.4 Å². The molecule has 1 saturated heterocycles. The van der Waals surface area contributed by atoms with Crippen molar-refractivity contribution in [2.45, 2.75) is 23.8 Å². The first-order valence-electron chi connectivity index (χ1n) is 12.9. The molecule has 1 atom stereocenters. The standard InChI is InChI=1S/C29H25N5O7S/c1-17-7-9-20(10-8-17)42(38,39)34-13-11-21-25(34)24(27(35)40-3)31-26(30-21)19-6-4-5-18(15-19)22-16-23(41-32-22)29(37)12-14-33(2)28(29)36/h4-11,13,15-16,37H,12,14H2,1-3H3/t29-/m1/s1. The number of hydrogen-bond donors (Lipinski definition) is 1. The first-order valence-corrected chi connectivity index (χ1v) is 14.3. The van der Waals surface area contributed by atoms with Gasteiger partial charge in [-0.15, -0.1) is 0 Å². The number of nitrogens with zero attached hydrogens (tertiary/aromatic N) is 5. The second kappa shape index (κ2) is 9.89. The summed E-state index contributed by atoms with van der Waals surface area (Å²) in [6.45, 7) is 2.23. The lowest BCUT2D eigenvalue weighted by Crippen LogP contribution is -2.35. The second-order valence-corrected chi connectivity index (χ2v) is 11.9. The minimum atomic E-state index is -4.08. The molecule has 1 amide bonds. The molecule has 1 fully saturated rings. The molecule has 6 rings (SSSR count). The highest BCUT2D eigenvalue weighted by atomic mass is 32.2. The van der Waals surface area contributed by atoms with Crippen molar-refractivity contribution < 1.29 is 32.4 Å². The number of fused-ring (bicyclic) bond motifs is 1. The van der Waals surface area contributed by atoms with Gasteiger partial charge in [0.25, 0.3) is 15.9 Å². The number of amides is 1. The average Bonchev–Trinajstić information content (AvgIpc) is 3.73. The van der Waals surface area contributed by atoms with Crippen LogP contribution in [0.25, 0.3) is 33.7 Å². The molecular weight excluding hydrogens is 562 g/mol. The number of rotatable bonds is 6. The third-order valence-corrected chi connectivity index (χ3v) is 8.99. The van der Waals surface area contributed by atoms with Crippen molar-refractivity contribution in [3.05, 3.63) is 83.9 Å². The van der Waals surface area contributed by atoms with Crippen LogP contribution in [-0.4, -0.2) is 70.1 Å². The number of aryl methyl sites for hydroxylation is 1. The number of methoxy groups -OCH3 is 1. The molecule has 1 aliphatic heterocycles. The molecule has 0 spiro atoms. The number of benzene rings is 2. The summed E-state index contributed by atoms with van der Waals surface area (Å²) in [5, 5.41) is 15.0. The molecule has 214 valence electrons. The lowest BCUT2D eigenvalue weighted by atomic mass is 9.98. The van der Waals surface area contributed by atoms with Gasteiger partial charge in [-0.2, -0.15) is 0 Å². The van der Waals surface area contributed by atoms with Crippen molar-refractivity contribution in [2.75, 3.05) is 20.7 Å². The monoisotopic (exact) mass is 587 g/mol. The molecule has 0 radical (unpaired) electrons. The van der Waals surface area contributed by atoms with E-state index in [4.69, 9.17) is 9.26 Å². The predicted octanol–water partition coefficient (Wildman–Crippen LogP) is 3.14. The van der Waals surface area contributed by atoms with E-state index in [0.29, 0.717) is 23.4 Å². The van der Waals surface area contributed by atoms with Crippen LogP contribution in [0.3, 0.4) is 0 Å². The van der Waals surface area contributed by atoms with E-state index in [1.54, 1.807) is 43.4 Å². The fourth-order valence-corrected chi connectivity index (χ4v) is 6.27.